The zero-order valence-electron chi connectivity index (χ0n) is 15.8. The predicted molar refractivity (Wildman–Crippen MR) is 121 cm³/mol. The van der Waals surface area contributed by atoms with Crippen molar-refractivity contribution in [2.45, 2.75) is 19.5 Å². The van der Waals surface area contributed by atoms with Crippen molar-refractivity contribution in [3.8, 4) is 16.3 Å². The first-order valence-electron chi connectivity index (χ1n) is 9.14. The van der Waals surface area contributed by atoms with Crippen LogP contribution in [0.15, 0.2) is 70.5 Å². The number of methoxy groups -OCH3 is 1. The molecule has 142 valence electrons. The summed E-state index contributed by atoms with van der Waals surface area (Å²) < 4.78 is 6.50. The Hall–Kier alpha value is -2.21. The number of nitrogens with zero attached hydrogens (tertiary/aromatic N) is 1. The van der Waals surface area contributed by atoms with Crippen LogP contribution in [-0.2, 0) is 6.54 Å². The Morgan fingerprint density at radius 2 is 1.89 bits per heavy atom. The summed E-state index contributed by atoms with van der Waals surface area (Å²) in [7, 11) is 1.69. The highest BCUT2D eigenvalue weighted by Gasteiger charge is 2.12. The molecule has 0 aliphatic heterocycles. The van der Waals surface area contributed by atoms with Gasteiger partial charge in [-0.25, -0.2) is 4.98 Å². The summed E-state index contributed by atoms with van der Waals surface area (Å²) in [6.07, 6.45) is 0. The van der Waals surface area contributed by atoms with Gasteiger partial charge in [0.25, 0.3) is 0 Å². The molecule has 1 atom stereocenters. The van der Waals surface area contributed by atoms with Crippen LogP contribution in [0.1, 0.15) is 24.2 Å². The van der Waals surface area contributed by atoms with Crippen molar-refractivity contribution in [3.05, 3.63) is 81.8 Å². The standard InChI is InChI=1S/C23H21BrN2OS/c1-15(17-8-7-16-5-3-4-6-18(16)11-17)25-13-20-14-28-23(26-20)21-12-19(24)9-10-22(21)27-2/h3-12,14-15,25H,13H2,1-2H3/t15-/m1/s1. The number of rotatable bonds is 6. The van der Waals surface area contributed by atoms with E-state index in [0.717, 1.165) is 33.0 Å². The minimum Gasteiger partial charge on any atom is -0.496 e. The molecule has 0 spiro atoms. The number of halogens is 1. The van der Waals surface area contributed by atoms with E-state index in [0.29, 0.717) is 0 Å². The highest BCUT2D eigenvalue weighted by molar-refractivity contribution is 9.10. The SMILES string of the molecule is COc1ccc(Br)cc1-c1nc(CN[C@H](C)c2ccc3ccccc3c2)cs1. The van der Waals surface area contributed by atoms with Crippen molar-refractivity contribution < 1.29 is 4.74 Å². The third kappa shape index (κ3) is 4.12. The lowest BCUT2D eigenvalue weighted by Crippen LogP contribution is -2.18. The molecule has 0 fully saturated rings. The Labute approximate surface area is 177 Å². The summed E-state index contributed by atoms with van der Waals surface area (Å²) >= 11 is 5.17. The van der Waals surface area contributed by atoms with Gasteiger partial charge < -0.3 is 10.1 Å². The van der Waals surface area contributed by atoms with Crippen molar-refractivity contribution in [3.63, 3.8) is 0 Å². The molecular formula is C23H21BrN2OS. The molecule has 0 saturated heterocycles. The molecule has 4 aromatic rings. The maximum absolute atomic E-state index is 5.49. The van der Waals surface area contributed by atoms with Crippen molar-refractivity contribution in [1.82, 2.24) is 10.3 Å². The maximum Gasteiger partial charge on any atom is 0.129 e. The van der Waals surface area contributed by atoms with E-state index in [4.69, 9.17) is 9.72 Å². The number of ether oxygens (including phenoxy) is 1. The van der Waals surface area contributed by atoms with Gasteiger partial charge in [-0.3, -0.25) is 0 Å². The van der Waals surface area contributed by atoms with Gasteiger partial charge >= 0.3 is 0 Å². The van der Waals surface area contributed by atoms with Crippen LogP contribution in [0.4, 0.5) is 0 Å². The number of fused-ring (bicyclic) bond motifs is 1. The average Bonchev–Trinajstić information content (AvgIpc) is 3.20. The Balaban J connectivity index is 1.47. The molecule has 4 rings (SSSR count). The molecule has 0 amide bonds. The van der Waals surface area contributed by atoms with Gasteiger partial charge in [-0.05, 0) is 47.5 Å². The lowest BCUT2D eigenvalue weighted by Gasteiger charge is -2.14. The molecule has 28 heavy (non-hydrogen) atoms. The smallest absolute Gasteiger partial charge is 0.129 e. The fourth-order valence-corrected chi connectivity index (χ4v) is 4.41. The van der Waals surface area contributed by atoms with Crippen LogP contribution in [0.5, 0.6) is 5.75 Å². The largest absolute Gasteiger partial charge is 0.496 e. The molecule has 1 N–H and O–H groups in total. The van der Waals surface area contributed by atoms with E-state index in [2.05, 4.69) is 76.0 Å². The normalized spacial score (nSPS) is 12.2. The summed E-state index contributed by atoms with van der Waals surface area (Å²) in [4.78, 5) is 4.80. The zero-order chi connectivity index (χ0) is 19.5. The fraction of sp³-hybridized carbons (Fsp3) is 0.174. The Kier molecular flexibility index (Phi) is 5.76. The monoisotopic (exact) mass is 452 g/mol. The molecule has 0 aliphatic rings. The minimum atomic E-state index is 0.246. The van der Waals surface area contributed by atoms with Gasteiger partial charge in [-0.15, -0.1) is 11.3 Å². The highest BCUT2D eigenvalue weighted by atomic mass is 79.9. The van der Waals surface area contributed by atoms with E-state index in [1.807, 2.05) is 18.2 Å². The van der Waals surface area contributed by atoms with Gasteiger partial charge in [-0.2, -0.15) is 0 Å². The van der Waals surface area contributed by atoms with E-state index < -0.39 is 0 Å². The topological polar surface area (TPSA) is 34.1 Å². The molecule has 0 aliphatic carbocycles. The van der Waals surface area contributed by atoms with E-state index in [1.54, 1.807) is 18.4 Å². The first-order valence-corrected chi connectivity index (χ1v) is 10.8. The highest BCUT2D eigenvalue weighted by Crippen LogP contribution is 2.34. The molecule has 0 radical (unpaired) electrons. The Morgan fingerprint density at radius 3 is 2.71 bits per heavy atom. The van der Waals surface area contributed by atoms with Crippen molar-refractivity contribution in [1.29, 1.82) is 0 Å². The third-order valence-corrected chi connectivity index (χ3v) is 6.22. The molecular weight excluding hydrogens is 432 g/mol. The van der Waals surface area contributed by atoms with E-state index >= 15 is 0 Å². The first kappa shape index (κ1) is 19.1. The molecule has 0 bridgehead atoms. The van der Waals surface area contributed by atoms with Gasteiger partial charge in [0.05, 0.1) is 18.4 Å². The summed E-state index contributed by atoms with van der Waals surface area (Å²) in [5.41, 5.74) is 3.33. The van der Waals surface area contributed by atoms with Gasteiger partial charge in [0.2, 0.25) is 0 Å². The third-order valence-electron chi connectivity index (χ3n) is 4.81. The Morgan fingerprint density at radius 1 is 1.07 bits per heavy atom. The van der Waals surface area contributed by atoms with Gasteiger partial charge in [0, 0.05) is 22.4 Å². The molecule has 3 aromatic carbocycles. The van der Waals surface area contributed by atoms with Crippen molar-refractivity contribution in [2.75, 3.05) is 7.11 Å². The molecule has 1 heterocycles. The Bertz CT molecular complexity index is 1110. The number of benzene rings is 3. The van der Waals surface area contributed by atoms with Crippen LogP contribution in [0.3, 0.4) is 0 Å². The zero-order valence-corrected chi connectivity index (χ0v) is 18.2. The molecule has 5 heteroatoms. The van der Waals surface area contributed by atoms with Gasteiger partial charge in [0.15, 0.2) is 0 Å². The molecule has 0 saturated carbocycles. The second kappa shape index (κ2) is 8.43. The minimum absolute atomic E-state index is 0.246. The number of nitrogens with one attached hydrogen (secondary N) is 1. The van der Waals surface area contributed by atoms with Crippen molar-refractivity contribution in [2.24, 2.45) is 0 Å². The number of thiazole rings is 1. The van der Waals surface area contributed by atoms with E-state index in [1.165, 1.54) is 16.3 Å². The molecule has 3 nitrogen and oxygen atoms in total. The number of hydrogen-bond acceptors (Lipinski definition) is 4. The lowest BCUT2D eigenvalue weighted by molar-refractivity contribution is 0.416. The quantitative estimate of drug-likeness (QED) is 0.358. The fourth-order valence-electron chi connectivity index (χ4n) is 3.21. The van der Waals surface area contributed by atoms with Crippen LogP contribution in [-0.4, -0.2) is 12.1 Å². The number of hydrogen-bond donors (Lipinski definition) is 1. The van der Waals surface area contributed by atoms with Crippen LogP contribution in [0.2, 0.25) is 0 Å². The summed E-state index contributed by atoms with van der Waals surface area (Å²) in [6, 6.07) is 21.3. The van der Waals surface area contributed by atoms with E-state index in [-0.39, 0.29) is 6.04 Å². The summed E-state index contributed by atoms with van der Waals surface area (Å²) in [6.45, 7) is 2.91. The van der Waals surface area contributed by atoms with Crippen LogP contribution in [0.25, 0.3) is 21.3 Å². The van der Waals surface area contributed by atoms with Crippen LogP contribution in [0, 0.1) is 0 Å². The average molecular weight is 453 g/mol. The lowest BCUT2D eigenvalue weighted by atomic mass is 10.0. The van der Waals surface area contributed by atoms with E-state index in [9.17, 15) is 0 Å². The second-order valence-electron chi connectivity index (χ2n) is 6.70. The van der Waals surface area contributed by atoms with Crippen LogP contribution < -0.4 is 10.1 Å². The molecule has 1 aromatic heterocycles. The predicted octanol–water partition coefficient (Wildman–Crippen LogP) is 6.59. The maximum atomic E-state index is 5.49. The molecule has 0 unspecified atom stereocenters. The summed E-state index contributed by atoms with van der Waals surface area (Å²) in [5.74, 6) is 0.835. The second-order valence-corrected chi connectivity index (χ2v) is 8.47. The van der Waals surface area contributed by atoms with Crippen LogP contribution >= 0.6 is 27.3 Å². The van der Waals surface area contributed by atoms with Crippen molar-refractivity contribution >= 4 is 38.0 Å². The van der Waals surface area contributed by atoms with Gasteiger partial charge in [-0.1, -0.05) is 52.3 Å². The first-order chi connectivity index (χ1) is 13.6. The van der Waals surface area contributed by atoms with Gasteiger partial charge in [0.1, 0.15) is 10.8 Å². The summed E-state index contributed by atoms with van der Waals surface area (Å²) in [5, 5.41) is 9.20. The number of aromatic nitrogens is 1.